The van der Waals surface area contributed by atoms with Crippen LogP contribution in [0.15, 0.2) is 41.0 Å². The number of anilines is 1. The Morgan fingerprint density at radius 3 is 2.81 bits per heavy atom. The molecule has 2 rings (SSSR count). The van der Waals surface area contributed by atoms with Crippen molar-refractivity contribution in [2.45, 2.75) is 26.8 Å². The lowest BCUT2D eigenvalue weighted by Crippen LogP contribution is -2.17. The number of hydrogen-bond donors (Lipinski definition) is 1. The Hall–Kier alpha value is -1.75. The molecule has 2 aromatic rings. The summed E-state index contributed by atoms with van der Waals surface area (Å²) in [6.07, 6.45) is 1.91. The van der Waals surface area contributed by atoms with Gasteiger partial charge in [-0.3, -0.25) is 4.79 Å². The SMILES string of the molecule is CCOc1cccc(NC(=O)c2cc(Br)cn2C(C)C)c1. The van der Waals surface area contributed by atoms with Crippen molar-refractivity contribution in [3.63, 3.8) is 0 Å². The number of nitrogens with one attached hydrogen (secondary N) is 1. The van der Waals surface area contributed by atoms with Crippen molar-refractivity contribution in [3.05, 3.63) is 46.7 Å². The molecule has 4 nitrogen and oxygen atoms in total. The number of rotatable bonds is 5. The predicted octanol–water partition coefficient (Wildman–Crippen LogP) is 4.48. The first-order chi connectivity index (χ1) is 10.0. The summed E-state index contributed by atoms with van der Waals surface area (Å²) in [5, 5.41) is 2.91. The van der Waals surface area contributed by atoms with Gasteiger partial charge in [-0.25, -0.2) is 0 Å². The Bertz CT molecular complexity index is 635. The average molecular weight is 351 g/mol. The summed E-state index contributed by atoms with van der Waals surface area (Å²) in [5.41, 5.74) is 1.34. The lowest BCUT2D eigenvalue weighted by Gasteiger charge is -2.13. The zero-order valence-electron chi connectivity index (χ0n) is 12.4. The molecule has 1 aromatic heterocycles. The van der Waals surface area contributed by atoms with Crippen molar-refractivity contribution in [1.82, 2.24) is 4.57 Å². The van der Waals surface area contributed by atoms with Crippen LogP contribution in [0.2, 0.25) is 0 Å². The van der Waals surface area contributed by atoms with E-state index in [1.807, 2.05) is 61.9 Å². The summed E-state index contributed by atoms with van der Waals surface area (Å²) in [5.74, 6) is 0.610. The molecule has 0 aliphatic rings. The van der Waals surface area contributed by atoms with Gasteiger partial charge in [0.1, 0.15) is 11.4 Å². The minimum Gasteiger partial charge on any atom is -0.494 e. The van der Waals surface area contributed by atoms with Gasteiger partial charge >= 0.3 is 0 Å². The quantitative estimate of drug-likeness (QED) is 0.863. The molecule has 0 radical (unpaired) electrons. The topological polar surface area (TPSA) is 43.3 Å². The van der Waals surface area contributed by atoms with Gasteiger partial charge in [0.15, 0.2) is 0 Å². The van der Waals surface area contributed by atoms with E-state index < -0.39 is 0 Å². The molecule has 21 heavy (non-hydrogen) atoms. The second-order valence-electron chi connectivity index (χ2n) is 4.96. The van der Waals surface area contributed by atoms with Crippen molar-refractivity contribution >= 4 is 27.5 Å². The molecule has 0 saturated heterocycles. The van der Waals surface area contributed by atoms with Gasteiger partial charge in [-0.15, -0.1) is 0 Å². The molecule has 1 N–H and O–H groups in total. The molecule has 0 aliphatic heterocycles. The van der Waals surface area contributed by atoms with Gasteiger partial charge in [0.25, 0.3) is 5.91 Å². The summed E-state index contributed by atoms with van der Waals surface area (Å²) in [6, 6.07) is 9.43. The van der Waals surface area contributed by atoms with E-state index in [1.165, 1.54) is 0 Å². The normalized spacial score (nSPS) is 10.7. The maximum Gasteiger partial charge on any atom is 0.272 e. The summed E-state index contributed by atoms with van der Waals surface area (Å²) >= 11 is 3.42. The van der Waals surface area contributed by atoms with Gasteiger partial charge in [0.2, 0.25) is 0 Å². The number of halogens is 1. The Labute approximate surface area is 133 Å². The summed E-state index contributed by atoms with van der Waals surface area (Å²) in [7, 11) is 0. The predicted molar refractivity (Wildman–Crippen MR) is 88.1 cm³/mol. The molecule has 1 amide bonds. The van der Waals surface area contributed by atoms with Crippen LogP contribution < -0.4 is 10.1 Å². The Kier molecular flexibility index (Phi) is 5.07. The summed E-state index contributed by atoms with van der Waals surface area (Å²) in [6.45, 7) is 6.61. The van der Waals surface area contributed by atoms with Crippen LogP contribution in [0.4, 0.5) is 5.69 Å². The number of amides is 1. The smallest absolute Gasteiger partial charge is 0.272 e. The van der Waals surface area contributed by atoms with Gasteiger partial charge in [0.05, 0.1) is 6.61 Å². The zero-order chi connectivity index (χ0) is 15.4. The largest absolute Gasteiger partial charge is 0.494 e. The molecular weight excluding hydrogens is 332 g/mol. The molecule has 0 spiro atoms. The van der Waals surface area contributed by atoms with Gasteiger partial charge in [-0.2, -0.15) is 0 Å². The number of hydrogen-bond acceptors (Lipinski definition) is 2. The Morgan fingerprint density at radius 1 is 1.38 bits per heavy atom. The van der Waals surface area contributed by atoms with Crippen LogP contribution in [0.1, 0.15) is 37.3 Å². The van der Waals surface area contributed by atoms with E-state index in [1.54, 1.807) is 0 Å². The first-order valence-corrected chi connectivity index (χ1v) is 7.72. The number of ether oxygens (including phenoxy) is 1. The van der Waals surface area contributed by atoms with Crippen molar-refractivity contribution in [2.75, 3.05) is 11.9 Å². The molecule has 112 valence electrons. The van der Waals surface area contributed by atoms with Crippen molar-refractivity contribution in [1.29, 1.82) is 0 Å². The van der Waals surface area contributed by atoms with Crippen LogP contribution >= 0.6 is 15.9 Å². The highest BCUT2D eigenvalue weighted by Crippen LogP contribution is 2.22. The fourth-order valence-electron chi connectivity index (χ4n) is 2.08. The van der Waals surface area contributed by atoms with Crippen molar-refractivity contribution in [2.24, 2.45) is 0 Å². The number of carbonyl (C=O) groups excluding carboxylic acids is 1. The second-order valence-corrected chi connectivity index (χ2v) is 5.88. The van der Waals surface area contributed by atoms with Crippen LogP contribution in [-0.4, -0.2) is 17.1 Å². The van der Waals surface area contributed by atoms with E-state index in [-0.39, 0.29) is 11.9 Å². The minimum absolute atomic E-state index is 0.136. The molecule has 0 atom stereocenters. The molecule has 0 saturated carbocycles. The van der Waals surface area contributed by atoms with Gasteiger partial charge in [-0.1, -0.05) is 6.07 Å². The maximum absolute atomic E-state index is 12.4. The molecule has 0 fully saturated rings. The minimum atomic E-state index is -0.136. The highest BCUT2D eigenvalue weighted by atomic mass is 79.9. The highest BCUT2D eigenvalue weighted by molar-refractivity contribution is 9.10. The molecule has 1 aromatic carbocycles. The van der Waals surface area contributed by atoms with Crippen LogP contribution in [0.5, 0.6) is 5.75 Å². The van der Waals surface area contributed by atoms with E-state index in [0.29, 0.717) is 12.3 Å². The second kappa shape index (κ2) is 6.80. The van der Waals surface area contributed by atoms with Gasteiger partial charge in [0, 0.05) is 28.5 Å². The lowest BCUT2D eigenvalue weighted by atomic mass is 10.2. The van der Waals surface area contributed by atoms with Crippen LogP contribution in [-0.2, 0) is 0 Å². The number of benzene rings is 1. The van der Waals surface area contributed by atoms with Gasteiger partial charge < -0.3 is 14.6 Å². The molecule has 5 heteroatoms. The fraction of sp³-hybridized carbons (Fsp3) is 0.312. The van der Waals surface area contributed by atoms with E-state index in [0.717, 1.165) is 15.9 Å². The zero-order valence-corrected chi connectivity index (χ0v) is 14.0. The monoisotopic (exact) mass is 350 g/mol. The standard InChI is InChI=1S/C16H19BrN2O2/c1-4-21-14-7-5-6-13(9-14)18-16(20)15-8-12(17)10-19(15)11(2)3/h5-11H,4H2,1-3H3,(H,18,20). The van der Waals surface area contributed by atoms with Gasteiger partial charge in [-0.05, 0) is 54.9 Å². The van der Waals surface area contributed by atoms with E-state index in [2.05, 4.69) is 21.2 Å². The third-order valence-corrected chi connectivity index (χ3v) is 3.44. The Balaban J connectivity index is 2.20. The number of carbonyl (C=O) groups is 1. The molecular formula is C16H19BrN2O2. The molecule has 1 heterocycles. The molecule has 0 unspecified atom stereocenters. The Morgan fingerprint density at radius 2 is 2.14 bits per heavy atom. The third kappa shape index (κ3) is 3.88. The first-order valence-electron chi connectivity index (χ1n) is 6.93. The number of aromatic nitrogens is 1. The van der Waals surface area contributed by atoms with E-state index in [4.69, 9.17) is 4.74 Å². The van der Waals surface area contributed by atoms with E-state index in [9.17, 15) is 4.79 Å². The molecule has 0 bridgehead atoms. The maximum atomic E-state index is 12.4. The van der Waals surface area contributed by atoms with Crippen LogP contribution in [0.25, 0.3) is 0 Å². The van der Waals surface area contributed by atoms with Crippen LogP contribution in [0, 0.1) is 0 Å². The lowest BCUT2D eigenvalue weighted by molar-refractivity contribution is 0.101. The molecule has 0 aliphatic carbocycles. The first kappa shape index (κ1) is 15.6. The van der Waals surface area contributed by atoms with Crippen molar-refractivity contribution < 1.29 is 9.53 Å². The fourth-order valence-corrected chi connectivity index (χ4v) is 2.52. The van der Waals surface area contributed by atoms with Crippen LogP contribution in [0.3, 0.4) is 0 Å². The average Bonchev–Trinajstić information content (AvgIpc) is 2.82. The number of nitrogens with zero attached hydrogens (tertiary/aromatic N) is 1. The highest BCUT2D eigenvalue weighted by Gasteiger charge is 2.15. The summed E-state index contributed by atoms with van der Waals surface area (Å²) in [4.78, 5) is 12.4. The van der Waals surface area contributed by atoms with E-state index >= 15 is 0 Å². The van der Waals surface area contributed by atoms with Crippen molar-refractivity contribution in [3.8, 4) is 5.75 Å². The third-order valence-electron chi connectivity index (χ3n) is 3.01. The summed E-state index contributed by atoms with van der Waals surface area (Å²) < 4.78 is 8.27.